The molecule has 7 heteroatoms. The average Bonchev–Trinajstić information content (AvgIpc) is 2.70. The van der Waals surface area contributed by atoms with Crippen molar-refractivity contribution < 1.29 is 29.6 Å². The predicted molar refractivity (Wildman–Crippen MR) is 94.0 cm³/mol. The Kier molecular flexibility index (Phi) is 5.54. The standard InChI is InChI=1S/C20H19NO6/c1-11-16(22)18(24)19(25)20(26-11)27-15-8-6-14(7-9-15)17(23)13-4-2-12(10-21)3-5-13/h2-9,11,16,18-20,22,24-25H,1H3. The fourth-order valence-electron chi connectivity index (χ4n) is 2.79. The summed E-state index contributed by atoms with van der Waals surface area (Å²) in [6.07, 6.45) is -5.83. The lowest BCUT2D eigenvalue weighted by Gasteiger charge is -2.38. The highest BCUT2D eigenvalue weighted by Crippen LogP contribution is 2.24. The summed E-state index contributed by atoms with van der Waals surface area (Å²) in [5.74, 6) is 0.137. The van der Waals surface area contributed by atoms with Crippen LogP contribution in [0.1, 0.15) is 28.4 Å². The van der Waals surface area contributed by atoms with Crippen LogP contribution >= 0.6 is 0 Å². The van der Waals surface area contributed by atoms with E-state index in [2.05, 4.69) is 0 Å². The molecule has 5 atom stereocenters. The van der Waals surface area contributed by atoms with Crippen LogP contribution in [0.4, 0.5) is 0 Å². The molecule has 1 heterocycles. The summed E-state index contributed by atoms with van der Waals surface area (Å²) < 4.78 is 10.9. The smallest absolute Gasteiger partial charge is 0.229 e. The van der Waals surface area contributed by atoms with Crippen molar-refractivity contribution in [3.8, 4) is 11.8 Å². The van der Waals surface area contributed by atoms with E-state index in [1.807, 2.05) is 6.07 Å². The third kappa shape index (κ3) is 3.99. The first-order valence-electron chi connectivity index (χ1n) is 8.42. The second-order valence-electron chi connectivity index (χ2n) is 6.34. The molecule has 0 aromatic heterocycles. The van der Waals surface area contributed by atoms with Gasteiger partial charge in [-0.1, -0.05) is 0 Å². The van der Waals surface area contributed by atoms with E-state index in [0.717, 1.165) is 0 Å². The van der Waals surface area contributed by atoms with Gasteiger partial charge in [-0.3, -0.25) is 4.79 Å². The van der Waals surface area contributed by atoms with Crippen molar-refractivity contribution in [2.75, 3.05) is 0 Å². The first-order chi connectivity index (χ1) is 12.9. The summed E-state index contributed by atoms with van der Waals surface area (Å²) in [5.41, 5.74) is 1.36. The van der Waals surface area contributed by atoms with E-state index < -0.39 is 30.7 Å². The Morgan fingerprint density at radius 3 is 2.07 bits per heavy atom. The van der Waals surface area contributed by atoms with Crippen LogP contribution in [0.2, 0.25) is 0 Å². The van der Waals surface area contributed by atoms with Crippen LogP contribution in [-0.4, -0.2) is 51.8 Å². The highest BCUT2D eigenvalue weighted by Gasteiger charge is 2.43. The topological polar surface area (TPSA) is 120 Å². The summed E-state index contributed by atoms with van der Waals surface area (Å²) in [6, 6.07) is 14.6. The zero-order valence-electron chi connectivity index (χ0n) is 14.5. The van der Waals surface area contributed by atoms with Crippen molar-refractivity contribution in [2.45, 2.75) is 37.6 Å². The molecule has 2 aromatic carbocycles. The molecular weight excluding hydrogens is 350 g/mol. The maximum absolute atomic E-state index is 12.5. The van der Waals surface area contributed by atoms with Gasteiger partial charge in [-0.05, 0) is 55.5 Å². The molecule has 0 radical (unpaired) electrons. The number of carbonyl (C=O) groups is 1. The Morgan fingerprint density at radius 2 is 1.52 bits per heavy atom. The molecule has 0 bridgehead atoms. The molecule has 3 N–H and O–H groups in total. The second-order valence-corrected chi connectivity index (χ2v) is 6.34. The Morgan fingerprint density at radius 1 is 0.963 bits per heavy atom. The first kappa shape index (κ1) is 19.0. The number of ether oxygens (including phenoxy) is 2. The lowest BCUT2D eigenvalue weighted by molar-refractivity contribution is -0.268. The number of nitrogens with zero attached hydrogens (tertiary/aromatic N) is 1. The van der Waals surface area contributed by atoms with Gasteiger partial charge < -0.3 is 24.8 Å². The molecule has 27 heavy (non-hydrogen) atoms. The number of hydrogen-bond donors (Lipinski definition) is 3. The fraction of sp³-hybridized carbons (Fsp3) is 0.300. The van der Waals surface area contributed by atoms with E-state index in [1.165, 1.54) is 0 Å². The van der Waals surface area contributed by atoms with Gasteiger partial charge in [0.2, 0.25) is 6.29 Å². The molecule has 1 saturated heterocycles. The number of rotatable bonds is 4. The Hall–Kier alpha value is -2.76. The largest absolute Gasteiger partial charge is 0.462 e. The molecule has 3 rings (SSSR count). The highest BCUT2D eigenvalue weighted by molar-refractivity contribution is 6.09. The Labute approximate surface area is 156 Å². The minimum atomic E-state index is -1.41. The van der Waals surface area contributed by atoms with E-state index in [0.29, 0.717) is 22.4 Å². The quantitative estimate of drug-likeness (QED) is 0.688. The van der Waals surface area contributed by atoms with Crippen LogP contribution in [-0.2, 0) is 4.74 Å². The molecule has 2 aromatic rings. The summed E-state index contributed by atoms with van der Waals surface area (Å²) in [6.45, 7) is 1.56. The first-order valence-corrected chi connectivity index (χ1v) is 8.42. The summed E-state index contributed by atoms with van der Waals surface area (Å²) in [4.78, 5) is 12.5. The van der Waals surface area contributed by atoms with E-state index >= 15 is 0 Å². The third-order valence-electron chi connectivity index (χ3n) is 4.45. The van der Waals surface area contributed by atoms with Crippen molar-refractivity contribution in [2.24, 2.45) is 0 Å². The third-order valence-corrected chi connectivity index (χ3v) is 4.45. The van der Waals surface area contributed by atoms with Crippen molar-refractivity contribution >= 4 is 5.78 Å². The van der Waals surface area contributed by atoms with Crippen molar-refractivity contribution in [3.63, 3.8) is 0 Å². The van der Waals surface area contributed by atoms with Gasteiger partial charge in [-0.15, -0.1) is 0 Å². The lowest BCUT2D eigenvalue weighted by Crippen LogP contribution is -2.58. The van der Waals surface area contributed by atoms with Crippen LogP contribution in [0.15, 0.2) is 48.5 Å². The predicted octanol–water partition coefficient (Wildman–Crippen LogP) is 0.996. The molecular formula is C20H19NO6. The molecule has 7 nitrogen and oxygen atoms in total. The van der Waals surface area contributed by atoms with Crippen molar-refractivity contribution in [1.82, 2.24) is 0 Å². The normalized spacial score (nSPS) is 27.6. The Bertz CT molecular complexity index is 842. The van der Waals surface area contributed by atoms with Gasteiger partial charge in [0, 0.05) is 11.1 Å². The van der Waals surface area contributed by atoms with Crippen LogP contribution < -0.4 is 4.74 Å². The summed E-state index contributed by atoms with van der Waals surface area (Å²) in [5, 5.41) is 38.3. The van der Waals surface area contributed by atoms with Crippen molar-refractivity contribution in [1.29, 1.82) is 5.26 Å². The van der Waals surface area contributed by atoms with Gasteiger partial charge in [-0.2, -0.15) is 5.26 Å². The number of nitriles is 1. The van der Waals surface area contributed by atoms with Crippen LogP contribution in [0.25, 0.3) is 0 Å². The molecule has 0 spiro atoms. The fourth-order valence-corrected chi connectivity index (χ4v) is 2.79. The molecule has 140 valence electrons. The number of aliphatic hydroxyl groups excluding tert-OH is 3. The van der Waals surface area contributed by atoms with E-state index in [-0.39, 0.29) is 5.78 Å². The molecule has 0 amide bonds. The van der Waals surface area contributed by atoms with Crippen LogP contribution in [0.3, 0.4) is 0 Å². The summed E-state index contributed by atoms with van der Waals surface area (Å²) in [7, 11) is 0. The van der Waals surface area contributed by atoms with E-state index in [4.69, 9.17) is 14.7 Å². The second kappa shape index (κ2) is 7.86. The van der Waals surface area contributed by atoms with Crippen LogP contribution in [0.5, 0.6) is 5.75 Å². The Balaban J connectivity index is 1.70. The lowest BCUT2D eigenvalue weighted by atomic mass is 10.00. The van der Waals surface area contributed by atoms with Gasteiger partial charge in [0.15, 0.2) is 5.78 Å². The zero-order valence-corrected chi connectivity index (χ0v) is 14.5. The minimum absolute atomic E-state index is 0.202. The van der Waals surface area contributed by atoms with Crippen molar-refractivity contribution in [3.05, 3.63) is 65.2 Å². The van der Waals surface area contributed by atoms with E-state index in [1.54, 1.807) is 55.5 Å². The van der Waals surface area contributed by atoms with Gasteiger partial charge >= 0.3 is 0 Å². The maximum atomic E-state index is 12.5. The van der Waals surface area contributed by atoms with Gasteiger partial charge in [-0.25, -0.2) is 0 Å². The molecule has 1 fully saturated rings. The number of carbonyl (C=O) groups excluding carboxylic acids is 1. The number of ketones is 1. The minimum Gasteiger partial charge on any atom is -0.462 e. The average molecular weight is 369 g/mol. The van der Waals surface area contributed by atoms with E-state index in [9.17, 15) is 20.1 Å². The molecule has 1 aliphatic heterocycles. The van der Waals surface area contributed by atoms with Gasteiger partial charge in [0.1, 0.15) is 24.1 Å². The molecule has 1 aliphatic rings. The molecule has 0 aliphatic carbocycles. The number of hydrogen-bond acceptors (Lipinski definition) is 7. The summed E-state index contributed by atoms with van der Waals surface area (Å²) >= 11 is 0. The monoisotopic (exact) mass is 369 g/mol. The number of aliphatic hydroxyl groups is 3. The number of benzene rings is 2. The molecule has 5 unspecified atom stereocenters. The van der Waals surface area contributed by atoms with Gasteiger partial charge in [0.05, 0.1) is 17.7 Å². The zero-order chi connectivity index (χ0) is 19.6. The molecule has 0 saturated carbocycles. The SMILES string of the molecule is CC1OC(Oc2ccc(C(=O)c3ccc(C#N)cc3)cc2)C(O)C(O)C1O. The van der Waals surface area contributed by atoms with Gasteiger partial charge in [0.25, 0.3) is 0 Å². The highest BCUT2D eigenvalue weighted by atomic mass is 16.7. The maximum Gasteiger partial charge on any atom is 0.229 e. The van der Waals surface area contributed by atoms with Crippen LogP contribution in [0, 0.1) is 11.3 Å².